The van der Waals surface area contributed by atoms with Gasteiger partial charge in [0.05, 0.1) is 6.61 Å². The van der Waals surface area contributed by atoms with Crippen LogP contribution in [-0.2, 0) is 17.8 Å². The van der Waals surface area contributed by atoms with Crippen molar-refractivity contribution in [2.75, 3.05) is 6.61 Å². The Bertz CT molecular complexity index is 500. The molecular weight excluding hydrogens is 264 g/mol. The fraction of sp³-hybridized carbons (Fsp3) is 0.500. The van der Waals surface area contributed by atoms with E-state index in [2.05, 4.69) is 5.32 Å². The second-order valence-electron chi connectivity index (χ2n) is 5.53. The van der Waals surface area contributed by atoms with Crippen LogP contribution in [0.15, 0.2) is 12.1 Å². The van der Waals surface area contributed by atoms with Gasteiger partial charge in [-0.15, -0.1) is 0 Å². The van der Waals surface area contributed by atoms with E-state index in [9.17, 15) is 4.79 Å². The number of halogens is 1. The molecule has 4 nitrogen and oxygen atoms in total. The Balaban J connectivity index is 2.10. The Morgan fingerprint density at radius 1 is 1.53 bits per heavy atom. The van der Waals surface area contributed by atoms with E-state index in [-0.39, 0.29) is 17.9 Å². The Kier molecular flexibility index (Phi) is 4.02. The van der Waals surface area contributed by atoms with Crippen LogP contribution in [0.1, 0.15) is 31.4 Å². The number of hydrogen-bond acceptors (Lipinski definition) is 3. The summed E-state index contributed by atoms with van der Waals surface area (Å²) in [7, 11) is 0. The fourth-order valence-electron chi connectivity index (χ4n) is 2.31. The zero-order valence-corrected chi connectivity index (χ0v) is 12.0. The number of rotatable bonds is 5. The molecule has 2 rings (SSSR count). The Labute approximate surface area is 118 Å². The van der Waals surface area contributed by atoms with E-state index >= 15 is 0 Å². The van der Waals surface area contributed by atoms with Gasteiger partial charge in [-0.3, -0.25) is 4.79 Å². The monoisotopic (exact) mass is 282 g/mol. The second kappa shape index (κ2) is 5.39. The maximum absolute atomic E-state index is 11.0. The molecule has 0 unspecified atom stereocenters. The average Bonchev–Trinajstić information content (AvgIpc) is 2.71. The highest BCUT2D eigenvalue weighted by atomic mass is 35.5. The molecule has 1 heterocycles. The summed E-state index contributed by atoms with van der Waals surface area (Å²) in [5, 5.41) is 4.04. The summed E-state index contributed by atoms with van der Waals surface area (Å²) in [6, 6.07) is 3.85. The summed E-state index contributed by atoms with van der Waals surface area (Å²) < 4.78 is 5.64. The van der Waals surface area contributed by atoms with Crippen molar-refractivity contribution >= 4 is 17.5 Å². The van der Waals surface area contributed by atoms with Gasteiger partial charge >= 0.3 is 0 Å². The molecular formula is C14H19ClN2O2. The van der Waals surface area contributed by atoms with Crippen LogP contribution in [0.5, 0.6) is 5.75 Å². The summed E-state index contributed by atoms with van der Waals surface area (Å²) in [6.07, 6.45) is 1.18. The van der Waals surface area contributed by atoms with Crippen LogP contribution in [0.2, 0.25) is 5.02 Å². The summed E-state index contributed by atoms with van der Waals surface area (Å²) in [5.41, 5.74) is 7.07. The highest BCUT2D eigenvalue weighted by Gasteiger charge is 2.22. The molecule has 1 aliphatic rings. The van der Waals surface area contributed by atoms with Gasteiger partial charge < -0.3 is 15.8 Å². The zero-order chi connectivity index (χ0) is 14.0. The van der Waals surface area contributed by atoms with Gasteiger partial charge in [0.25, 0.3) is 0 Å². The molecule has 1 aromatic carbocycles. The number of carbonyl (C=O) groups is 1. The van der Waals surface area contributed by atoms with Crippen molar-refractivity contribution in [1.82, 2.24) is 5.32 Å². The molecule has 0 radical (unpaired) electrons. The highest BCUT2D eigenvalue weighted by Crippen LogP contribution is 2.33. The maximum Gasteiger partial charge on any atom is 0.219 e. The number of hydrogen-bond donors (Lipinski definition) is 2. The summed E-state index contributed by atoms with van der Waals surface area (Å²) in [6.45, 7) is 5.20. The number of nitrogens with two attached hydrogens (primary N) is 1. The number of carbonyl (C=O) groups excluding carboxylic acids is 1. The minimum atomic E-state index is -0.348. The first-order valence-electron chi connectivity index (χ1n) is 6.35. The summed E-state index contributed by atoms with van der Waals surface area (Å²) >= 11 is 6.11. The van der Waals surface area contributed by atoms with Crippen molar-refractivity contribution in [2.24, 2.45) is 5.73 Å². The normalized spacial score (nSPS) is 14.1. The molecule has 0 atom stereocenters. The quantitative estimate of drug-likeness (QED) is 0.868. The van der Waals surface area contributed by atoms with Crippen LogP contribution >= 0.6 is 11.6 Å². The van der Waals surface area contributed by atoms with Gasteiger partial charge in [0.2, 0.25) is 5.91 Å². The van der Waals surface area contributed by atoms with E-state index in [1.807, 2.05) is 26.0 Å². The van der Waals surface area contributed by atoms with E-state index in [0.717, 1.165) is 23.3 Å². The molecule has 0 saturated heterocycles. The topological polar surface area (TPSA) is 64.4 Å². The van der Waals surface area contributed by atoms with E-state index in [1.54, 1.807) is 0 Å². The van der Waals surface area contributed by atoms with Crippen molar-refractivity contribution in [3.63, 3.8) is 0 Å². The Hall–Kier alpha value is -1.26. The number of benzene rings is 1. The smallest absolute Gasteiger partial charge is 0.219 e. The lowest BCUT2D eigenvalue weighted by atomic mass is 9.99. The lowest BCUT2D eigenvalue weighted by molar-refractivity contribution is -0.119. The first kappa shape index (κ1) is 14.2. The third kappa shape index (κ3) is 3.61. The van der Waals surface area contributed by atoms with Crippen molar-refractivity contribution in [1.29, 1.82) is 0 Å². The van der Waals surface area contributed by atoms with Gasteiger partial charge in [-0.2, -0.15) is 0 Å². The number of nitrogens with one attached hydrogen (secondary N) is 1. The molecule has 1 aliphatic heterocycles. The largest absolute Gasteiger partial charge is 0.493 e. The van der Waals surface area contributed by atoms with E-state index in [4.69, 9.17) is 22.1 Å². The van der Waals surface area contributed by atoms with Crippen LogP contribution in [-0.4, -0.2) is 18.1 Å². The minimum Gasteiger partial charge on any atom is -0.493 e. The number of primary amides is 1. The predicted molar refractivity (Wildman–Crippen MR) is 75.4 cm³/mol. The van der Waals surface area contributed by atoms with Gasteiger partial charge in [-0.05, 0) is 31.5 Å². The maximum atomic E-state index is 11.0. The standard InChI is InChI=1S/C14H19ClN2O2/c1-14(2,7-12(16)18)17-8-10-6-11(15)5-9-3-4-19-13(9)10/h5-6,17H,3-4,7-8H2,1-2H3,(H2,16,18). The molecule has 1 aromatic rings. The predicted octanol–water partition coefficient (Wildman–Crippen LogP) is 2.02. The highest BCUT2D eigenvalue weighted by molar-refractivity contribution is 6.30. The zero-order valence-electron chi connectivity index (χ0n) is 11.3. The third-order valence-electron chi connectivity index (χ3n) is 3.20. The van der Waals surface area contributed by atoms with Gasteiger partial charge in [0, 0.05) is 35.5 Å². The minimum absolute atomic E-state index is 0.288. The van der Waals surface area contributed by atoms with Crippen molar-refractivity contribution in [3.8, 4) is 5.75 Å². The molecule has 0 saturated carbocycles. The SMILES string of the molecule is CC(C)(CC(N)=O)NCc1cc(Cl)cc2c1OCC2. The third-order valence-corrected chi connectivity index (χ3v) is 3.42. The molecule has 0 aromatic heterocycles. The lowest BCUT2D eigenvalue weighted by Gasteiger charge is -2.25. The van der Waals surface area contributed by atoms with Crippen molar-refractivity contribution in [3.05, 3.63) is 28.3 Å². The van der Waals surface area contributed by atoms with Crippen LogP contribution < -0.4 is 15.8 Å². The Morgan fingerprint density at radius 3 is 2.95 bits per heavy atom. The van der Waals surface area contributed by atoms with E-state index in [1.165, 1.54) is 0 Å². The molecule has 0 bridgehead atoms. The van der Waals surface area contributed by atoms with Crippen molar-refractivity contribution < 1.29 is 9.53 Å². The van der Waals surface area contributed by atoms with Gasteiger partial charge in [-0.1, -0.05) is 11.6 Å². The summed E-state index contributed by atoms with van der Waals surface area (Å²) in [4.78, 5) is 11.0. The van der Waals surface area contributed by atoms with E-state index < -0.39 is 0 Å². The number of ether oxygens (including phenoxy) is 1. The van der Waals surface area contributed by atoms with Gasteiger partial charge in [-0.25, -0.2) is 0 Å². The molecule has 104 valence electrons. The molecule has 5 heteroatoms. The van der Waals surface area contributed by atoms with Crippen LogP contribution in [0.4, 0.5) is 0 Å². The lowest BCUT2D eigenvalue weighted by Crippen LogP contribution is -2.42. The molecule has 0 spiro atoms. The fourth-order valence-corrected chi connectivity index (χ4v) is 2.57. The molecule has 19 heavy (non-hydrogen) atoms. The second-order valence-corrected chi connectivity index (χ2v) is 5.97. The van der Waals surface area contributed by atoms with Crippen LogP contribution in [0.3, 0.4) is 0 Å². The molecule has 1 amide bonds. The van der Waals surface area contributed by atoms with Crippen LogP contribution in [0.25, 0.3) is 0 Å². The average molecular weight is 283 g/mol. The first-order valence-corrected chi connectivity index (χ1v) is 6.73. The first-order chi connectivity index (χ1) is 8.87. The number of fused-ring (bicyclic) bond motifs is 1. The Morgan fingerprint density at radius 2 is 2.26 bits per heavy atom. The number of amides is 1. The summed E-state index contributed by atoms with van der Waals surface area (Å²) in [5.74, 6) is 0.608. The molecule has 0 fully saturated rings. The van der Waals surface area contributed by atoms with E-state index in [0.29, 0.717) is 18.2 Å². The van der Waals surface area contributed by atoms with Crippen molar-refractivity contribution in [2.45, 2.75) is 38.8 Å². The van der Waals surface area contributed by atoms with Gasteiger partial charge in [0.15, 0.2) is 0 Å². The molecule has 0 aliphatic carbocycles. The molecule has 3 N–H and O–H groups in total. The van der Waals surface area contributed by atoms with Crippen LogP contribution in [0, 0.1) is 0 Å². The van der Waals surface area contributed by atoms with Gasteiger partial charge in [0.1, 0.15) is 5.75 Å².